The lowest BCUT2D eigenvalue weighted by Gasteiger charge is -2.13. The number of aromatic nitrogens is 1. The molecular formula is C21H18F3NO3. The highest BCUT2D eigenvalue weighted by Gasteiger charge is 2.30. The zero-order valence-corrected chi connectivity index (χ0v) is 15.3. The number of para-hydroxylation sites is 1. The summed E-state index contributed by atoms with van der Waals surface area (Å²) in [4.78, 5) is 28.0. The van der Waals surface area contributed by atoms with Gasteiger partial charge in [-0.25, -0.2) is 0 Å². The van der Waals surface area contributed by atoms with Gasteiger partial charge in [0.25, 0.3) is 0 Å². The summed E-state index contributed by atoms with van der Waals surface area (Å²) in [5, 5.41) is 0.728. The van der Waals surface area contributed by atoms with Gasteiger partial charge in [0, 0.05) is 22.2 Å². The van der Waals surface area contributed by atoms with E-state index in [2.05, 4.69) is 4.98 Å². The molecule has 0 saturated heterocycles. The van der Waals surface area contributed by atoms with Gasteiger partial charge in [0.1, 0.15) is 0 Å². The average Bonchev–Trinajstić information content (AvgIpc) is 2.96. The highest BCUT2D eigenvalue weighted by atomic mass is 19.4. The third-order valence-corrected chi connectivity index (χ3v) is 4.42. The van der Waals surface area contributed by atoms with Crippen LogP contribution in [0, 0.1) is 6.92 Å². The van der Waals surface area contributed by atoms with Gasteiger partial charge in [0.2, 0.25) is 5.78 Å². The van der Waals surface area contributed by atoms with Gasteiger partial charge in [-0.2, -0.15) is 13.2 Å². The molecule has 0 fully saturated rings. The van der Waals surface area contributed by atoms with Gasteiger partial charge in [-0.1, -0.05) is 36.4 Å². The molecule has 28 heavy (non-hydrogen) atoms. The van der Waals surface area contributed by atoms with Crippen LogP contribution in [0.15, 0.2) is 48.5 Å². The van der Waals surface area contributed by atoms with Crippen molar-refractivity contribution in [3.8, 4) is 0 Å². The molecule has 1 aromatic heterocycles. The van der Waals surface area contributed by atoms with Crippen LogP contribution in [-0.4, -0.2) is 22.8 Å². The first-order valence-electron chi connectivity index (χ1n) is 8.64. The summed E-state index contributed by atoms with van der Waals surface area (Å²) in [5.41, 5.74) is 1.23. The number of carbonyl (C=O) groups excluding carboxylic acids is 2. The number of fused-ring (bicyclic) bond motifs is 1. The lowest BCUT2D eigenvalue weighted by Crippen LogP contribution is -2.25. The average molecular weight is 389 g/mol. The summed E-state index contributed by atoms with van der Waals surface area (Å²) in [6, 6.07) is 11.7. The molecule has 0 amide bonds. The number of halogens is 3. The maximum atomic E-state index is 12.8. The standard InChI is InChI=1S/C21H18F3NO3/c1-12-19(16-8-3-4-9-17(16)25-12)20(27)13(2)28-18(26)11-14-6-5-7-15(10-14)21(22,23)24/h3-10,13,25H,11H2,1-2H3/t13-/m0/s1. The highest BCUT2D eigenvalue weighted by molar-refractivity contribution is 6.11. The molecule has 0 unspecified atom stereocenters. The number of benzene rings is 2. The van der Waals surface area contributed by atoms with E-state index in [1.165, 1.54) is 19.1 Å². The Morgan fingerprint density at radius 2 is 1.82 bits per heavy atom. The van der Waals surface area contributed by atoms with Crippen molar-refractivity contribution in [1.29, 1.82) is 0 Å². The van der Waals surface area contributed by atoms with Crippen LogP contribution in [0.1, 0.15) is 34.1 Å². The fourth-order valence-corrected chi connectivity index (χ4v) is 3.11. The van der Waals surface area contributed by atoms with E-state index in [0.717, 1.165) is 23.0 Å². The van der Waals surface area contributed by atoms with Crippen LogP contribution < -0.4 is 0 Å². The number of rotatable bonds is 5. The van der Waals surface area contributed by atoms with Crippen LogP contribution in [0.3, 0.4) is 0 Å². The van der Waals surface area contributed by atoms with Crippen molar-refractivity contribution in [3.05, 3.63) is 70.9 Å². The van der Waals surface area contributed by atoms with E-state index in [9.17, 15) is 22.8 Å². The number of hydrogen-bond donors (Lipinski definition) is 1. The zero-order chi connectivity index (χ0) is 20.5. The van der Waals surface area contributed by atoms with E-state index in [0.29, 0.717) is 11.3 Å². The van der Waals surface area contributed by atoms with Gasteiger partial charge in [0.15, 0.2) is 6.10 Å². The first kappa shape index (κ1) is 19.7. The Hall–Kier alpha value is -3.09. The number of Topliss-reactive ketones (excluding diaryl/α,β-unsaturated/α-hetero) is 1. The minimum atomic E-state index is -4.49. The second-order valence-corrected chi connectivity index (χ2v) is 6.54. The van der Waals surface area contributed by atoms with E-state index < -0.39 is 23.8 Å². The van der Waals surface area contributed by atoms with Crippen molar-refractivity contribution in [2.24, 2.45) is 0 Å². The molecule has 1 heterocycles. The lowest BCUT2D eigenvalue weighted by atomic mass is 10.0. The molecule has 2 aromatic carbocycles. The molecule has 3 rings (SSSR count). The highest BCUT2D eigenvalue weighted by Crippen LogP contribution is 2.29. The van der Waals surface area contributed by atoms with E-state index in [1.807, 2.05) is 12.1 Å². The predicted octanol–water partition coefficient (Wildman–Crippen LogP) is 4.85. The van der Waals surface area contributed by atoms with Crippen LogP contribution in [0.5, 0.6) is 0 Å². The van der Waals surface area contributed by atoms with Gasteiger partial charge in [-0.15, -0.1) is 0 Å². The Balaban J connectivity index is 1.72. The number of ether oxygens (including phenoxy) is 1. The molecule has 0 aliphatic carbocycles. The summed E-state index contributed by atoms with van der Waals surface area (Å²) < 4.78 is 43.5. The van der Waals surface area contributed by atoms with Crippen LogP contribution in [-0.2, 0) is 22.1 Å². The maximum absolute atomic E-state index is 12.8. The monoisotopic (exact) mass is 389 g/mol. The third kappa shape index (κ3) is 4.08. The van der Waals surface area contributed by atoms with Crippen molar-refractivity contribution < 1.29 is 27.5 Å². The number of ketones is 1. The van der Waals surface area contributed by atoms with E-state index in [4.69, 9.17) is 4.74 Å². The molecule has 0 aliphatic rings. The third-order valence-electron chi connectivity index (χ3n) is 4.42. The van der Waals surface area contributed by atoms with Crippen molar-refractivity contribution in [1.82, 2.24) is 4.98 Å². The molecule has 0 saturated carbocycles. The number of aromatic amines is 1. The quantitative estimate of drug-likeness (QED) is 0.501. The van der Waals surface area contributed by atoms with Gasteiger partial charge >= 0.3 is 12.1 Å². The largest absolute Gasteiger partial charge is 0.454 e. The summed E-state index contributed by atoms with van der Waals surface area (Å²) in [7, 11) is 0. The van der Waals surface area contributed by atoms with Gasteiger partial charge < -0.3 is 9.72 Å². The number of alkyl halides is 3. The minimum absolute atomic E-state index is 0.169. The van der Waals surface area contributed by atoms with Crippen molar-refractivity contribution in [3.63, 3.8) is 0 Å². The summed E-state index contributed by atoms with van der Waals surface area (Å²) in [6.45, 7) is 3.21. The van der Waals surface area contributed by atoms with Crippen molar-refractivity contribution in [2.45, 2.75) is 32.5 Å². The number of H-pyrrole nitrogens is 1. The number of esters is 1. The molecule has 0 bridgehead atoms. The molecule has 0 aliphatic heterocycles. The van der Waals surface area contributed by atoms with E-state index in [1.54, 1.807) is 19.1 Å². The van der Waals surface area contributed by atoms with Crippen LogP contribution in [0.4, 0.5) is 13.2 Å². The number of nitrogens with one attached hydrogen (secondary N) is 1. The zero-order valence-electron chi connectivity index (χ0n) is 15.3. The summed E-state index contributed by atoms with van der Waals surface area (Å²) in [6.07, 6.45) is -5.90. The lowest BCUT2D eigenvalue weighted by molar-refractivity contribution is -0.145. The fraction of sp³-hybridized carbons (Fsp3) is 0.238. The number of aryl methyl sites for hydroxylation is 1. The Morgan fingerprint density at radius 3 is 2.54 bits per heavy atom. The molecule has 0 spiro atoms. The Bertz CT molecular complexity index is 1040. The first-order valence-corrected chi connectivity index (χ1v) is 8.64. The van der Waals surface area contributed by atoms with Gasteiger partial charge in [0.05, 0.1) is 12.0 Å². The molecule has 4 nitrogen and oxygen atoms in total. The molecule has 146 valence electrons. The molecule has 1 N–H and O–H groups in total. The predicted molar refractivity (Wildman–Crippen MR) is 98.1 cm³/mol. The van der Waals surface area contributed by atoms with Gasteiger partial charge in [-0.3, -0.25) is 9.59 Å². The SMILES string of the molecule is Cc1[nH]c2ccccc2c1C(=O)[C@H](C)OC(=O)Cc1cccc(C(F)(F)F)c1. The normalized spacial score (nSPS) is 12.8. The van der Waals surface area contributed by atoms with Crippen LogP contribution in [0.2, 0.25) is 0 Å². The van der Waals surface area contributed by atoms with Crippen molar-refractivity contribution >= 4 is 22.7 Å². The minimum Gasteiger partial charge on any atom is -0.454 e. The molecule has 1 atom stereocenters. The fourth-order valence-electron chi connectivity index (χ4n) is 3.11. The molecular weight excluding hydrogens is 371 g/mol. The molecule has 7 heteroatoms. The second-order valence-electron chi connectivity index (χ2n) is 6.54. The second kappa shape index (κ2) is 7.50. The topological polar surface area (TPSA) is 59.2 Å². The smallest absolute Gasteiger partial charge is 0.416 e. The molecule has 3 aromatic rings. The first-order chi connectivity index (χ1) is 13.2. The maximum Gasteiger partial charge on any atom is 0.416 e. The Labute approximate surface area is 159 Å². The van der Waals surface area contributed by atoms with E-state index >= 15 is 0 Å². The van der Waals surface area contributed by atoms with Gasteiger partial charge in [-0.05, 0) is 31.5 Å². The van der Waals surface area contributed by atoms with Crippen LogP contribution >= 0.6 is 0 Å². The van der Waals surface area contributed by atoms with Crippen LogP contribution in [0.25, 0.3) is 10.9 Å². The van der Waals surface area contributed by atoms with E-state index in [-0.39, 0.29) is 17.8 Å². The molecule has 0 radical (unpaired) electrons. The summed E-state index contributed by atoms with van der Waals surface area (Å²) in [5.74, 6) is -1.13. The summed E-state index contributed by atoms with van der Waals surface area (Å²) >= 11 is 0. The Morgan fingerprint density at radius 1 is 1.11 bits per heavy atom. The number of hydrogen-bond acceptors (Lipinski definition) is 3. The number of carbonyl (C=O) groups is 2. The van der Waals surface area contributed by atoms with Crippen molar-refractivity contribution in [2.75, 3.05) is 0 Å². The Kier molecular flexibility index (Phi) is 5.27.